The van der Waals surface area contributed by atoms with Crippen molar-refractivity contribution in [1.82, 2.24) is 0 Å². The first-order chi connectivity index (χ1) is 12.9. The summed E-state index contributed by atoms with van der Waals surface area (Å²) in [5, 5.41) is 13.0. The molecule has 27 heavy (non-hydrogen) atoms. The Balaban J connectivity index is 2.06. The van der Waals surface area contributed by atoms with Crippen LogP contribution in [0.15, 0.2) is 52.9 Å². The van der Waals surface area contributed by atoms with Crippen molar-refractivity contribution in [2.24, 2.45) is 0 Å². The summed E-state index contributed by atoms with van der Waals surface area (Å²) < 4.78 is 24.5. The van der Waals surface area contributed by atoms with Gasteiger partial charge in [0.1, 0.15) is 5.82 Å². The van der Waals surface area contributed by atoms with Gasteiger partial charge >= 0.3 is 5.97 Å². The maximum atomic E-state index is 14.1. The third-order valence-corrected chi connectivity index (χ3v) is 3.76. The van der Waals surface area contributed by atoms with Crippen LogP contribution in [0.5, 0.6) is 11.5 Å². The summed E-state index contributed by atoms with van der Waals surface area (Å²) in [5.74, 6) is -3.81. The molecule has 138 valence electrons. The number of anilines is 1. The van der Waals surface area contributed by atoms with Crippen LogP contribution in [0.3, 0.4) is 0 Å². The zero-order valence-electron chi connectivity index (χ0n) is 14.0. The summed E-state index contributed by atoms with van der Waals surface area (Å²) >= 11 is 5.87. The Hall–Kier alpha value is -3.32. The minimum Gasteiger partial charge on any atom is -0.502 e. The van der Waals surface area contributed by atoms with Crippen molar-refractivity contribution < 1.29 is 28.2 Å². The van der Waals surface area contributed by atoms with Crippen molar-refractivity contribution >= 4 is 29.4 Å². The van der Waals surface area contributed by atoms with Crippen LogP contribution in [0.2, 0.25) is 5.02 Å². The van der Waals surface area contributed by atoms with Crippen molar-refractivity contribution in [3.63, 3.8) is 0 Å². The van der Waals surface area contributed by atoms with Gasteiger partial charge in [0.05, 0.1) is 5.56 Å². The zero-order valence-corrected chi connectivity index (χ0v) is 14.7. The molecule has 8 heteroatoms. The zero-order chi connectivity index (χ0) is 19.6. The lowest BCUT2D eigenvalue weighted by Gasteiger charge is -2.04. The maximum Gasteiger partial charge on any atom is 0.308 e. The Labute approximate surface area is 158 Å². The van der Waals surface area contributed by atoms with E-state index in [1.54, 1.807) is 30.3 Å². The normalized spacial score (nSPS) is 10.5. The van der Waals surface area contributed by atoms with Gasteiger partial charge in [-0.1, -0.05) is 29.8 Å². The van der Waals surface area contributed by atoms with Crippen LogP contribution in [-0.4, -0.2) is 17.0 Å². The highest BCUT2D eigenvalue weighted by molar-refractivity contribution is 6.30. The van der Waals surface area contributed by atoms with Gasteiger partial charge in [0.2, 0.25) is 17.4 Å². The molecule has 0 unspecified atom stereocenters. The number of carbonyl (C=O) groups excluding carboxylic acids is 2. The molecule has 1 amide bonds. The summed E-state index contributed by atoms with van der Waals surface area (Å²) in [5.41, 5.74) is 0.145. The summed E-state index contributed by atoms with van der Waals surface area (Å²) in [6.45, 7) is 1.11. The molecule has 0 aliphatic carbocycles. The molecule has 1 aromatic heterocycles. The van der Waals surface area contributed by atoms with Gasteiger partial charge in [0, 0.05) is 17.5 Å². The lowest BCUT2D eigenvalue weighted by Crippen LogP contribution is -2.12. The molecule has 0 bridgehead atoms. The van der Waals surface area contributed by atoms with Gasteiger partial charge in [0.25, 0.3) is 5.91 Å². The number of nitrogens with one attached hydrogen (secondary N) is 1. The smallest absolute Gasteiger partial charge is 0.308 e. The highest BCUT2D eigenvalue weighted by Crippen LogP contribution is 2.47. The monoisotopic (exact) mass is 389 g/mol. The van der Waals surface area contributed by atoms with E-state index in [1.807, 2.05) is 0 Å². The molecule has 6 nitrogen and oxygen atoms in total. The van der Waals surface area contributed by atoms with Gasteiger partial charge in [-0.05, 0) is 30.3 Å². The number of amides is 1. The van der Waals surface area contributed by atoms with Gasteiger partial charge in [0.15, 0.2) is 5.76 Å². The van der Waals surface area contributed by atoms with E-state index < -0.39 is 29.2 Å². The fourth-order valence-electron chi connectivity index (χ4n) is 2.35. The predicted octanol–water partition coefficient (Wildman–Crippen LogP) is 4.62. The van der Waals surface area contributed by atoms with Gasteiger partial charge in [-0.3, -0.25) is 14.9 Å². The first-order valence-electron chi connectivity index (χ1n) is 7.73. The van der Waals surface area contributed by atoms with Crippen molar-refractivity contribution in [1.29, 1.82) is 0 Å². The first kappa shape index (κ1) is 18.5. The summed E-state index contributed by atoms with van der Waals surface area (Å²) in [6.07, 6.45) is 0. The van der Waals surface area contributed by atoms with Gasteiger partial charge in [-0.15, -0.1) is 0 Å². The number of halogens is 2. The number of hydrogen-bond donors (Lipinski definition) is 2. The summed E-state index contributed by atoms with van der Waals surface area (Å²) in [6, 6.07) is 11.8. The Morgan fingerprint density at radius 3 is 2.56 bits per heavy atom. The van der Waals surface area contributed by atoms with Crippen molar-refractivity contribution in [2.75, 3.05) is 5.32 Å². The van der Waals surface area contributed by atoms with Crippen molar-refractivity contribution in [3.05, 3.63) is 64.9 Å². The largest absolute Gasteiger partial charge is 0.502 e. The van der Waals surface area contributed by atoms with Crippen LogP contribution < -0.4 is 10.1 Å². The Morgan fingerprint density at radius 2 is 1.89 bits per heavy atom. The van der Waals surface area contributed by atoms with Crippen molar-refractivity contribution in [2.45, 2.75) is 6.92 Å². The SMILES string of the molecule is CC(=O)Oc1c(NC(=O)c2ccccc2)oc(-c2cc(Cl)ccc2F)c1O. The lowest BCUT2D eigenvalue weighted by molar-refractivity contribution is -0.132. The number of rotatable bonds is 4. The molecule has 0 fully saturated rings. The molecule has 3 rings (SSSR count). The number of hydrogen-bond acceptors (Lipinski definition) is 5. The summed E-state index contributed by atoms with van der Waals surface area (Å²) in [7, 11) is 0. The number of furan rings is 1. The average molecular weight is 390 g/mol. The van der Waals surface area contributed by atoms with E-state index in [0.717, 1.165) is 13.0 Å². The van der Waals surface area contributed by atoms with Crippen LogP contribution in [0, 0.1) is 5.82 Å². The van der Waals surface area contributed by atoms with E-state index in [0.29, 0.717) is 5.56 Å². The number of esters is 1. The number of benzene rings is 2. The standard InChI is InChI=1S/C19H13ClFNO5/c1-10(23)26-17-15(24)16(13-9-12(20)7-8-14(13)21)27-19(17)22-18(25)11-5-3-2-4-6-11/h2-9,24H,1H3,(H,22,25). The predicted molar refractivity (Wildman–Crippen MR) is 96.5 cm³/mol. The second-order valence-electron chi connectivity index (χ2n) is 5.48. The Kier molecular flexibility index (Phi) is 5.14. The number of ether oxygens (including phenoxy) is 1. The minimum atomic E-state index is -0.764. The van der Waals surface area contributed by atoms with Gasteiger partial charge in [-0.2, -0.15) is 0 Å². The highest BCUT2D eigenvalue weighted by atomic mass is 35.5. The number of carbonyl (C=O) groups is 2. The van der Waals surface area contributed by atoms with E-state index >= 15 is 0 Å². The Bertz CT molecular complexity index is 1020. The molecule has 2 aromatic carbocycles. The first-order valence-corrected chi connectivity index (χ1v) is 8.10. The third kappa shape index (κ3) is 3.93. The fourth-order valence-corrected chi connectivity index (χ4v) is 2.52. The van der Waals surface area contributed by atoms with Crippen molar-refractivity contribution in [3.8, 4) is 22.8 Å². The molecule has 0 aliphatic heterocycles. The van der Waals surface area contributed by atoms with E-state index in [2.05, 4.69) is 5.32 Å². The molecule has 1 heterocycles. The summed E-state index contributed by atoms with van der Waals surface area (Å²) in [4.78, 5) is 23.7. The van der Waals surface area contributed by atoms with Crippen LogP contribution in [-0.2, 0) is 4.79 Å². The highest BCUT2D eigenvalue weighted by Gasteiger charge is 2.27. The van der Waals surface area contributed by atoms with Gasteiger partial charge in [-0.25, -0.2) is 4.39 Å². The fraction of sp³-hybridized carbons (Fsp3) is 0.0526. The Morgan fingerprint density at radius 1 is 1.19 bits per heavy atom. The minimum absolute atomic E-state index is 0.159. The van der Waals surface area contributed by atoms with Crippen LogP contribution in [0.1, 0.15) is 17.3 Å². The molecule has 0 saturated heterocycles. The van der Waals surface area contributed by atoms with Crippen LogP contribution >= 0.6 is 11.6 Å². The second-order valence-corrected chi connectivity index (χ2v) is 5.91. The van der Waals surface area contributed by atoms with Crippen LogP contribution in [0.4, 0.5) is 10.3 Å². The molecule has 2 N–H and O–H groups in total. The molecule has 0 aliphatic rings. The van der Waals surface area contributed by atoms with E-state index in [-0.39, 0.29) is 22.2 Å². The lowest BCUT2D eigenvalue weighted by atomic mass is 10.1. The number of aromatic hydroxyl groups is 1. The quantitative estimate of drug-likeness (QED) is 0.635. The average Bonchev–Trinajstić information content (AvgIpc) is 2.93. The molecule has 0 radical (unpaired) electrons. The van der Waals surface area contributed by atoms with Crippen LogP contribution in [0.25, 0.3) is 11.3 Å². The van der Waals surface area contributed by atoms with E-state index in [1.165, 1.54) is 12.1 Å². The molecular weight excluding hydrogens is 377 g/mol. The maximum absolute atomic E-state index is 14.1. The molecule has 0 saturated carbocycles. The molecule has 3 aromatic rings. The topological polar surface area (TPSA) is 88.8 Å². The third-order valence-electron chi connectivity index (χ3n) is 3.52. The van der Waals surface area contributed by atoms with Gasteiger partial charge < -0.3 is 14.3 Å². The molecule has 0 atom stereocenters. The molecular formula is C19H13ClFNO5. The molecule has 0 spiro atoms. The van der Waals surface area contributed by atoms with E-state index in [9.17, 15) is 19.1 Å². The second kappa shape index (κ2) is 7.51. The van der Waals surface area contributed by atoms with E-state index in [4.69, 9.17) is 20.8 Å².